The van der Waals surface area contributed by atoms with Crippen molar-refractivity contribution in [3.63, 3.8) is 0 Å². The van der Waals surface area contributed by atoms with Crippen molar-refractivity contribution in [1.29, 1.82) is 0 Å². The molecule has 1 amide bonds. The number of rotatable bonds is 58. The summed E-state index contributed by atoms with van der Waals surface area (Å²) >= 11 is 0. The maximum Gasteiger partial charge on any atom is 0.220 e. The lowest BCUT2D eigenvalue weighted by molar-refractivity contribution is -0.302. The van der Waals surface area contributed by atoms with Crippen molar-refractivity contribution in [3.05, 3.63) is 146 Å². The average Bonchev–Trinajstić information content (AvgIpc) is 3.56. The molecule has 1 aliphatic rings. The third-order valence-electron chi connectivity index (χ3n) is 15.4. The summed E-state index contributed by atoms with van der Waals surface area (Å²) in [5.74, 6) is -0.253. The Kier molecular flexibility index (Phi) is 58.7. The first-order chi connectivity index (χ1) is 41.8. The average molecular weight is 1180 g/mol. The number of aliphatic hydroxyl groups excluding tert-OH is 5. The molecule has 6 N–H and O–H groups in total. The quantitative estimate of drug-likeness (QED) is 0.0261. The van der Waals surface area contributed by atoms with Crippen LogP contribution in [0.2, 0.25) is 0 Å². The number of nitrogens with one attached hydrogen (secondary N) is 1. The van der Waals surface area contributed by atoms with Crippen LogP contribution in [-0.2, 0) is 14.3 Å². The lowest BCUT2D eigenvalue weighted by atomic mass is 9.99. The van der Waals surface area contributed by atoms with Crippen LogP contribution in [0.25, 0.3) is 0 Å². The van der Waals surface area contributed by atoms with Crippen molar-refractivity contribution >= 4 is 5.91 Å². The van der Waals surface area contributed by atoms with Crippen molar-refractivity contribution in [2.45, 2.75) is 314 Å². The normalized spacial score (nSPS) is 19.1. The van der Waals surface area contributed by atoms with Gasteiger partial charge in [0, 0.05) is 6.42 Å². The van der Waals surface area contributed by atoms with Gasteiger partial charge in [0.15, 0.2) is 6.29 Å². The third-order valence-corrected chi connectivity index (χ3v) is 15.4. The zero-order valence-corrected chi connectivity index (χ0v) is 54.1. The van der Waals surface area contributed by atoms with Crippen LogP contribution in [-0.4, -0.2) is 87.5 Å². The molecule has 9 heteroatoms. The Hall–Kier alpha value is -3.93. The van der Waals surface area contributed by atoms with Gasteiger partial charge in [0.25, 0.3) is 0 Å². The minimum Gasteiger partial charge on any atom is -0.394 e. The second kappa shape index (κ2) is 63.1. The SMILES string of the molecule is CC/C=C\C/C=C\C/C=C\C/C=C\C/C=C\C/C=C\C/C=C\C/C=C\C/C=C\CCCC(=O)NC(COC1OC(CO)C(O)C(O)C1O)C(O)/C=C/CC/C=C/CC/C=C/CCCCCCCCCCCCCCCCCCCCCCCCC. The number of hydrogen-bond acceptors (Lipinski definition) is 8. The molecular weight excluding hydrogens is 1050 g/mol. The topological polar surface area (TPSA) is 149 Å². The summed E-state index contributed by atoms with van der Waals surface area (Å²) in [6.45, 7) is 3.62. The Morgan fingerprint density at radius 1 is 0.412 bits per heavy atom. The van der Waals surface area contributed by atoms with E-state index in [0.29, 0.717) is 12.8 Å². The highest BCUT2D eigenvalue weighted by Gasteiger charge is 2.44. The lowest BCUT2D eigenvalue weighted by Crippen LogP contribution is -2.60. The number of unbranched alkanes of at least 4 members (excludes halogenated alkanes) is 26. The van der Waals surface area contributed by atoms with Crippen molar-refractivity contribution < 1.29 is 39.8 Å². The lowest BCUT2D eigenvalue weighted by Gasteiger charge is -2.40. The van der Waals surface area contributed by atoms with E-state index >= 15 is 0 Å². The number of aliphatic hydroxyl groups is 5. The zero-order valence-electron chi connectivity index (χ0n) is 54.1. The minimum atomic E-state index is -1.60. The van der Waals surface area contributed by atoms with E-state index in [1.807, 2.05) is 6.08 Å². The van der Waals surface area contributed by atoms with Gasteiger partial charge in [-0.05, 0) is 109 Å². The van der Waals surface area contributed by atoms with E-state index in [4.69, 9.17) is 9.47 Å². The summed E-state index contributed by atoms with van der Waals surface area (Å²) in [5, 5.41) is 54.6. The maximum absolute atomic E-state index is 13.1. The number of allylic oxidation sites excluding steroid dienone is 23. The maximum atomic E-state index is 13.1. The van der Waals surface area contributed by atoms with Crippen LogP contribution in [0, 0.1) is 0 Å². The number of carbonyl (C=O) groups excluding carboxylic acids is 1. The molecule has 85 heavy (non-hydrogen) atoms. The van der Waals surface area contributed by atoms with Crippen LogP contribution < -0.4 is 5.32 Å². The van der Waals surface area contributed by atoms with Gasteiger partial charge < -0.3 is 40.3 Å². The fourth-order valence-electron chi connectivity index (χ4n) is 10.0. The van der Waals surface area contributed by atoms with Crippen molar-refractivity contribution in [3.8, 4) is 0 Å². The molecule has 0 bridgehead atoms. The van der Waals surface area contributed by atoms with E-state index in [1.54, 1.807) is 6.08 Å². The molecule has 0 radical (unpaired) electrons. The number of ether oxygens (including phenoxy) is 2. The Balaban J connectivity index is 2.24. The van der Waals surface area contributed by atoms with E-state index in [2.05, 4.69) is 153 Å². The summed E-state index contributed by atoms with van der Waals surface area (Å²) in [6, 6.07) is -0.873. The molecular formula is C76H127NO8. The van der Waals surface area contributed by atoms with Gasteiger partial charge in [-0.25, -0.2) is 0 Å². The first-order valence-electron chi connectivity index (χ1n) is 34.6. The summed E-state index contributed by atoms with van der Waals surface area (Å²) in [4.78, 5) is 13.1. The van der Waals surface area contributed by atoms with Gasteiger partial charge in [-0.3, -0.25) is 4.79 Å². The van der Waals surface area contributed by atoms with Gasteiger partial charge in [0.05, 0.1) is 25.4 Å². The molecule has 1 aliphatic heterocycles. The van der Waals surface area contributed by atoms with Crippen molar-refractivity contribution in [2.75, 3.05) is 13.2 Å². The fraction of sp³-hybridized carbons (Fsp3) is 0.671. The Labute approximate surface area is 521 Å². The first kappa shape index (κ1) is 79.1. The smallest absolute Gasteiger partial charge is 0.220 e. The van der Waals surface area contributed by atoms with E-state index in [1.165, 1.54) is 148 Å². The summed E-state index contributed by atoms with van der Waals surface area (Å²) < 4.78 is 11.3. The fourth-order valence-corrected chi connectivity index (χ4v) is 10.0. The molecule has 7 atom stereocenters. The van der Waals surface area contributed by atoms with Crippen LogP contribution >= 0.6 is 0 Å². The van der Waals surface area contributed by atoms with Crippen molar-refractivity contribution in [2.24, 2.45) is 0 Å². The van der Waals surface area contributed by atoms with E-state index < -0.39 is 49.5 Å². The molecule has 1 rings (SSSR count). The van der Waals surface area contributed by atoms with E-state index in [-0.39, 0.29) is 18.9 Å². The summed E-state index contributed by atoms with van der Waals surface area (Å²) in [7, 11) is 0. The Bertz CT molecular complexity index is 1850. The zero-order chi connectivity index (χ0) is 61.4. The monoisotopic (exact) mass is 1180 g/mol. The number of hydrogen-bond donors (Lipinski definition) is 6. The van der Waals surface area contributed by atoms with Crippen molar-refractivity contribution in [1.82, 2.24) is 5.32 Å². The molecule has 484 valence electrons. The summed E-state index contributed by atoms with van der Waals surface area (Å²) in [5.41, 5.74) is 0. The minimum absolute atomic E-state index is 0.239. The van der Waals surface area contributed by atoms with Gasteiger partial charge in [-0.2, -0.15) is 0 Å². The Morgan fingerprint density at radius 3 is 1.13 bits per heavy atom. The molecule has 1 heterocycles. The van der Waals surface area contributed by atoms with Gasteiger partial charge in [-0.15, -0.1) is 0 Å². The second-order valence-corrected chi connectivity index (χ2v) is 23.2. The molecule has 1 saturated heterocycles. The number of amides is 1. The third kappa shape index (κ3) is 51.8. The highest BCUT2D eigenvalue weighted by atomic mass is 16.7. The molecule has 0 aliphatic carbocycles. The van der Waals surface area contributed by atoms with Gasteiger partial charge in [0.1, 0.15) is 24.4 Å². The predicted molar refractivity (Wildman–Crippen MR) is 363 cm³/mol. The molecule has 1 fully saturated rings. The molecule has 0 aromatic carbocycles. The highest BCUT2D eigenvalue weighted by molar-refractivity contribution is 5.76. The first-order valence-corrected chi connectivity index (χ1v) is 34.6. The van der Waals surface area contributed by atoms with E-state index in [9.17, 15) is 30.3 Å². The standard InChI is InChI=1S/C76H127NO8/c1-3-5-7-9-11-13-15-17-19-21-23-25-27-29-31-33-34-35-36-38-39-41-43-45-47-49-51-53-55-57-59-61-63-65-70(79)69(68-84-76-75(83)74(82)73(81)71(67-78)85-76)77-72(80)66-64-62-60-58-56-54-52-50-48-46-44-42-40-37-32-30-28-26-24-22-20-18-16-14-12-10-8-6-4-2/h6,8,12,14,18,20,24,26,30,32,40,42,46-49,52,54-55,57-58,60,63,65,69-71,73-76,78-79,81-83H,3-5,7,9-11,13,15-17,19,21-23,25,27-29,31,33-39,41,43-45,50-51,53,56,59,61-62,64,66-68H2,1-2H3,(H,77,80)/b8-6-,14-12-,20-18-,26-24-,32-30-,42-40-,48-46-,49-47+,54-52-,57-55+,60-58-,65-63+. The van der Waals surface area contributed by atoms with E-state index in [0.717, 1.165) is 89.9 Å². The van der Waals surface area contributed by atoms with Gasteiger partial charge in [0.2, 0.25) is 5.91 Å². The molecule has 0 saturated carbocycles. The highest BCUT2D eigenvalue weighted by Crippen LogP contribution is 2.23. The largest absolute Gasteiger partial charge is 0.394 e. The van der Waals surface area contributed by atoms with Crippen LogP contribution in [0.3, 0.4) is 0 Å². The van der Waals surface area contributed by atoms with Crippen LogP contribution in [0.4, 0.5) is 0 Å². The predicted octanol–water partition coefficient (Wildman–Crippen LogP) is 19.0. The second-order valence-electron chi connectivity index (χ2n) is 23.2. The van der Waals surface area contributed by atoms with Crippen LogP contribution in [0.15, 0.2) is 146 Å². The van der Waals surface area contributed by atoms with Gasteiger partial charge >= 0.3 is 0 Å². The molecule has 7 unspecified atom stereocenters. The Morgan fingerprint density at radius 2 is 0.741 bits per heavy atom. The van der Waals surface area contributed by atoms with Gasteiger partial charge in [-0.1, -0.05) is 301 Å². The summed E-state index contributed by atoms with van der Waals surface area (Å²) in [6.07, 6.45) is 91.0. The molecule has 0 spiro atoms. The molecule has 9 nitrogen and oxygen atoms in total. The van der Waals surface area contributed by atoms with Crippen LogP contribution in [0.5, 0.6) is 0 Å². The number of carbonyl (C=O) groups is 1. The molecule has 0 aromatic heterocycles. The van der Waals surface area contributed by atoms with Crippen LogP contribution in [0.1, 0.15) is 271 Å². The molecule has 0 aromatic rings.